The van der Waals surface area contributed by atoms with Gasteiger partial charge in [-0.15, -0.1) is 0 Å². The molecule has 0 atom stereocenters. The molecule has 1 aliphatic rings. The van der Waals surface area contributed by atoms with Gasteiger partial charge in [-0.3, -0.25) is 4.79 Å². The molecule has 1 aromatic carbocycles. The number of carbonyl (C=O) groups is 1. The number of hydrogen-bond acceptors (Lipinski definition) is 3. The standard InChI is InChI=1S/C13H13NO2/c1-2-3-8-16-14-12-9-13(15)11-7-5-4-6-10(11)12/h2-7H,8-9H2,1H3/b3-2+,14-12+. The maximum atomic E-state index is 11.6. The Morgan fingerprint density at radius 3 is 2.88 bits per heavy atom. The van der Waals surface area contributed by atoms with Crippen LogP contribution in [0.1, 0.15) is 29.3 Å². The van der Waals surface area contributed by atoms with Crippen LogP contribution in [0.5, 0.6) is 0 Å². The van der Waals surface area contributed by atoms with Gasteiger partial charge in [-0.05, 0) is 13.0 Å². The number of hydrogen-bond donors (Lipinski definition) is 0. The van der Waals surface area contributed by atoms with Crippen molar-refractivity contribution in [2.24, 2.45) is 5.16 Å². The summed E-state index contributed by atoms with van der Waals surface area (Å²) >= 11 is 0. The van der Waals surface area contributed by atoms with Crippen molar-refractivity contribution in [1.29, 1.82) is 0 Å². The number of fused-ring (bicyclic) bond motifs is 1. The second-order valence-corrected chi connectivity index (χ2v) is 3.55. The van der Waals surface area contributed by atoms with E-state index in [9.17, 15) is 4.79 Å². The summed E-state index contributed by atoms with van der Waals surface area (Å²) in [5, 5.41) is 4.00. The van der Waals surface area contributed by atoms with Crippen molar-refractivity contribution in [3.8, 4) is 0 Å². The zero-order chi connectivity index (χ0) is 11.4. The molecule has 0 heterocycles. The van der Waals surface area contributed by atoms with E-state index in [4.69, 9.17) is 4.84 Å². The number of nitrogens with zero attached hydrogens (tertiary/aromatic N) is 1. The number of Topliss-reactive ketones (excluding diaryl/α,β-unsaturated/α-hetero) is 1. The summed E-state index contributed by atoms with van der Waals surface area (Å²) in [7, 11) is 0. The molecule has 1 aromatic rings. The SMILES string of the molecule is C/C=C/CO/N=C1\CC(=O)c2ccccc21. The Balaban J connectivity index is 2.17. The number of oxime groups is 1. The van der Waals surface area contributed by atoms with E-state index in [1.807, 2.05) is 43.3 Å². The Morgan fingerprint density at radius 2 is 2.12 bits per heavy atom. The largest absolute Gasteiger partial charge is 0.391 e. The zero-order valence-electron chi connectivity index (χ0n) is 9.14. The van der Waals surface area contributed by atoms with Crippen LogP contribution in [0.3, 0.4) is 0 Å². The van der Waals surface area contributed by atoms with Crippen LogP contribution in [-0.2, 0) is 4.84 Å². The fourth-order valence-electron chi connectivity index (χ4n) is 1.66. The van der Waals surface area contributed by atoms with Gasteiger partial charge in [-0.1, -0.05) is 35.5 Å². The normalized spacial score (nSPS) is 17.1. The van der Waals surface area contributed by atoms with Crippen LogP contribution in [0, 0.1) is 0 Å². The molecule has 2 rings (SSSR count). The molecule has 0 fully saturated rings. The van der Waals surface area contributed by atoms with E-state index < -0.39 is 0 Å². The highest BCUT2D eigenvalue weighted by Crippen LogP contribution is 2.22. The number of carbonyl (C=O) groups excluding carboxylic acids is 1. The van der Waals surface area contributed by atoms with Gasteiger partial charge in [0, 0.05) is 11.1 Å². The summed E-state index contributed by atoms with van der Waals surface area (Å²) in [6.07, 6.45) is 4.11. The minimum Gasteiger partial charge on any atom is -0.391 e. The van der Waals surface area contributed by atoms with Crippen molar-refractivity contribution in [1.82, 2.24) is 0 Å². The Morgan fingerprint density at radius 1 is 1.38 bits per heavy atom. The fourth-order valence-corrected chi connectivity index (χ4v) is 1.66. The second-order valence-electron chi connectivity index (χ2n) is 3.55. The van der Waals surface area contributed by atoms with E-state index in [0.717, 1.165) is 16.8 Å². The third kappa shape index (κ3) is 2.03. The average Bonchev–Trinajstić information content (AvgIpc) is 2.63. The summed E-state index contributed by atoms with van der Waals surface area (Å²) in [4.78, 5) is 16.7. The van der Waals surface area contributed by atoms with Gasteiger partial charge in [0.25, 0.3) is 0 Å². The predicted molar refractivity (Wildman–Crippen MR) is 62.7 cm³/mol. The van der Waals surface area contributed by atoms with Crippen molar-refractivity contribution in [3.05, 3.63) is 47.5 Å². The Kier molecular flexibility index (Phi) is 3.15. The first-order chi connectivity index (χ1) is 7.83. The van der Waals surface area contributed by atoms with Crippen LogP contribution in [0.15, 0.2) is 41.6 Å². The highest BCUT2D eigenvalue weighted by atomic mass is 16.6. The van der Waals surface area contributed by atoms with Crippen LogP contribution < -0.4 is 0 Å². The smallest absolute Gasteiger partial charge is 0.169 e. The average molecular weight is 215 g/mol. The molecule has 0 N–H and O–H groups in total. The van der Waals surface area contributed by atoms with Crippen LogP contribution >= 0.6 is 0 Å². The molecule has 0 aliphatic heterocycles. The molecule has 0 spiro atoms. The van der Waals surface area contributed by atoms with E-state index in [2.05, 4.69) is 5.16 Å². The Bertz CT molecular complexity index is 461. The minimum absolute atomic E-state index is 0.115. The highest BCUT2D eigenvalue weighted by molar-refractivity contribution is 6.26. The Hall–Kier alpha value is -1.90. The zero-order valence-corrected chi connectivity index (χ0v) is 9.14. The van der Waals surface area contributed by atoms with Crippen molar-refractivity contribution >= 4 is 11.5 Å². The fraction of sp³-hybridized carbons (Fsp3) is 0.231. The van der Waals surface area contributed by atoms with E-state index in [1.165, 1.54) is 0 Å². The van der Waals surface area contributed by atoms with Crippen LogP contribution in [-0.4, -0.2) is 18.1 Å². The maximum absolute atomic E-state index is 11.6. The molecular weight excluding hydrogens is 202 g/mol. The summed E-state index contributed by atoms with van der Waals surface area (Å²) in [6, 6.07) is 7.49. The van der Waals surface area contributed by atoms with Gasteiger partial charge in [-0.25, -0.2) is 0 Å². The molecule has 3 nitrogen and oxygen atoms in total. The van der Waals surface area contributed by atoms with Gasteiger partial charge in [0.15, 0.2) is 5.78 Å². The predicted octanol–water partition coefficient (Wildman–Crippen LogP) is 2.57. The van der Waals surface area contributed by atoms with Gasteiger partial charge in [0.05, 0.1) is 12.1 Å². The first-order valence-electron chi connectivity index (χ1n) is 5.25. The molecule has 0 aromatic heterocycles. The number of allylic oxidation sites excluding steroid dienone is 1. The second kappa shape index (κ2) is 4.75. The topological polar surface area (TPSA) is 38.7 Å². The molecule has 0 saturated carbocycles. The Labute approximate surface area is 94.4 Å². The molecule has 0 amide bonds. The molecule has 0 bridgehead atoms. The van der Waals surface area contributed by atoms with Gasteiger partial charge in [0.1, 0.15) is 6.61 Å². The number of benzene rings is 1. The third-order valence-electron chi connectivity index (χ3n) is 2.45. The third-order valence-corrected chi connectivity index (χ3v) is 2.45. The first kappa shape index (κ1) is 10.6. The lowest BCUT2D eigenvalue weighted by Gasteiger charge is -1.98. The molecule has 3 heteroatoms. The molecule has 0 saturated heterocycles. The lowest BCUT2D eigenvalue weighted by Crippen LogP contribution is -1.97. The van der Waals surface area contributed by atoms with E-state index in [1.54, 1.807) is 0 Å². The first-order valence-corrected chi connectivity index (χ1v) is 5.25. The van der Waals surface area contributed by atoms with Crippen LogP contribution in [0.4, 0.5) is 0 Å². The van der Waals surface area contributed by atoms with E-state index in [-0.39, 0.29) is 5.78 Å². The molecule has 82 valence electrons. The maximum Gasteiger partial charge on any atom is 0.169 e. The number of ketones is 1. The van der Waals surface area contributed by atoms with E-state index >= 15 is 0 Å². The van der Waals surface area contributed by atoms with Crippen LogP contribution in [0.2, 0.25) is 0 Å². The van der Waals surface area contributed by atoms with E-state index in [0.29, 0.717) is 13.0 Å². The molecule has 0 unspecified atom stereocenters. The summed E-state index contributed by atoms with van der Waals surface area (Å²) < 4.78 is 0. The highest BCUT2D eigenvalue weighted by Gasteiger charge is 2.25. The van der Waals surface area contributed by atoms with Gasteiger partial charge < -0.3 is 4.84 Å². The molecule has 1 aliphatic carbocycles. The van der Waals surface area contributed by atoms with Gasteiger partial charge >= 0.3 is 0 Å². The number of rotatable bonds is 3. The van der Waals surface area contributed by atoms with Gasteiger partial charge in [-0.2, -0.15) is 0 Å². The quantitative estimate of drug-likeness (QED) is 0.441. The van der Waals surface area contributed by atoms with Crippen molar-refractivity contribution < 1.29 is 9.63 Å². The van der Waals surface area contributed by atoms with Crippen molar-refractivity contribution in [3.63, 3.8) is 0 Å². The lowest BCUT2D eigenvalue weighted by atomic mass is 10.1. The van der Waals surface area contributed by atoms with Gasteiger partial charge in [0.2, 0.25) is 0 Å². The van der Waals surface area contributed by atoms with Crippen LogP contribution in [0.25, 0.3) is 0 Å². The molecular formula is C13H13NO2. The molecule has 0 radical (unpaired) electrons. The summed E-state index contributed by atoms with van der Waals surface area (Å²) in [5.41, 5.74) is 2.37. The minimum atomic E-state index is 0.115. The summed E-state index contributed by atoms with van der Waals surface area (Å²) in [5.74, 6) is 0.115. The molecule has 16 heavy (non-hydrogen) atoms. The summed E-state index contributed by atoms with van der Waals surface area (Å²) in [6.45, 7) is 2.36. The monoisotopic (exact) mass is 215 g/mol. The van der Waals surface area contributed by atoms with Crippen molar-refractivity contribution in [2.45, 2.75) is 13.3 Å². The van der Waals surface area contributed by atoms with Crippen molar-refractivity contribution in [2.75, 3.05) is 6.61 Å². The lowest BCUT2D eigenvalue weighted by molar-refractivity contribution is 0.100.